The Balaban J connectivity index is 2.19. The van der Waals surface area contributed by atoms with Crippen LogP contribution in [0.25, 0.3) is 0 Å². The summed E-state index contributed by atoms with van der Waals surface area (Å²) < 4.78 is 6.62. The van der Waals surface area contributed by atoms with Crippen molar-refractivity contribution in [1.29, 1.82) is 0 Å². The SMILES string of the molecule is CCNC(=O)C(CC)N(Cc1ccc(C)cc1)C(=O)COc1ccc(CC)cc1Br. The van der Waals surface area contributed by atoms with Crippen LogP contribution in [0.3, 0.4) is 0 Å². The predicted molar refractivity (Wildman–Crippen MR) is 124 cm³/mol. The molecule has 6 heteroatoms. The van der Waals surface area contributed by atoms with Crippen LogP contribution >= 0.6 is 15.9 Å². The largest absolute Gasteiger partial charge is 0.483 e. The zero-order chi connectivity index (χ0) is 22.1. The Bertz CT molecular complexity index is 852. The van der Waals surface area contributed by atoms with Crippen molar-refractivity contribution >= 4 is 27.7 Å². The molecule has 0 radical (unpaired) electrons. The second-order valence-electron chi connectivity index (χ2n) is 7.23. The topological polar surface area (TPSA) is 58.6 Å². The van der Waals surface area contributed by atoms with Crippen LogP contribution in [0.5, 0.6) is 5.75 Å². The lowest BCUT2D eigenvalue weighted by atomic mass is 10.1. The Labute approximate surface area is 187 Å². The van der Waals surface area contributed by atoms with Gasteiger partial charge in [0.1, 0.15) is 11.8 Å². The van der Waals surface area contributed by atoms with Crippen molar-refractivity contribution in [2.45, 2.75) is 53.1 Å². The van der Waals surface area contributed by atoms with E-state index in [0.29, 0.717) is 25.3 Å². The van der Waals surface area contributed by atoms with Gasteiger partial charge in [0.2, 0.25) is 5.91 Å². The van der Waals surface area contributed by atoms with Crippen molar-refractivity contribution < 1.29 is 14.3 Å². The van der Waals surface area contributed by atoms with Gasteiger partial charge in [0.05, 0.1) is 4.47 Å². The second-order valence-corrected chi connectivity index (χ2v) is 8.09. The number of nitrogens with one attached hydrogen (secondary N) is 1. The standard InChI is InChI=1S/C24H31BrN2O3/c1-5-18-12-13-22(20(25)14-18)30-16-23(28)27(21(6-2)24(29)26-7-3)15-19-10-8-17(4)9-11-19/h8-14,21H,5-7,15-16H2,1-4H3,(H,26,29). The van der Waals surface area contributed by atoms with Crippen LogP contribution in [-0.4, -0.2) is 35.9 Å². The van der Waals surface area contributed by atoms with Gasteiger partial charge < -0.3 is 15.0 Å². The van der Waals surface area contributed by atoms with Gasteiger partial charge in [-0.05, 0) is 65.9 Å². The molecule has 1 N–H and O–H groups in total. The van der Waals surface area contributed by atoms with Gasteiger partial charge in [-0.1, -0.05) is 49.7 Å². The summed E-state index contributed by atoms with van der Waals surface area (Å²) in [5.41, 5.74) is 3.31. The number of hydrogen-bond donors (Lipinski definition) is 1. The van der Waals surface area contributed by atoms with E-state index in [-0.39, 0.29) is 18.4 Å². The molecule has 2 rings (SSSR count). The highest BCUT2D eigenvalue weighted by molar-refractivity contribution is 9.10. The van der Waals surface area contributed by atoms with Crippen LogP contribution in [0.15, 0.2) is 46.9 Å². The van der Waals surface area contributed by atoms with E-state index in [4.69, 9.17) is 4.74 Å². The molecule has 0 bridgehead atoms. The fourth-order valence-electron chi connectivity index (χ4n) is 3.21. The van der Waals surface area contributed by atoms with Gasteiger partial charge in [-0.15, -0.1) is 0 Å². The maximum absolute atomic E-state index is 13.1. The third-order valence-electron chi connectivity index (χ3n) is 4.97. The van der Waals surface area contributed by atoms with Crippen LogP contribution in [-0.2, 0) is 22.6 Å². The fourth-order valence-corrected chi connectivity index (χ4v) is 3.75. The number of hydrogen-bond acceptors (Lipinski definition) is 3. The summed E-state index contributed by atoms with van der Waals surface area (Å²) in [6.45, 7) is 8.63. The molecule has 30 heavy (non-hydrogen) atoms. The van der Waals surface area contributed by atoms with Crippen molar-refractivity contribution in [3.8, 4) is 5.75 Å². The normalized spacial score (nSPS) is 11.6. The molecule has 0 saturated carbocycles. The lowest BCUT2D eigenvalue weighted by molar-refractivity contribution is -0.142. The van der Waals surface area contributed by atoms with Crippen LogP contribution < -0.4 is 10.1 Å². The van der Waals surface area contributed by atoms with Crippen molar-refractivity contribution in [2.75, 3.05) is 13.2 Å². The van der Waals surface area contributed by atoms with Gasteiger partial charge >= 0.3 is 0 Å². The number of likely N-dealkylation sites (N-methyl/N-ethyl adjacent to an activating group) is 1. The van der Waals surface area contributed by atoms with Crippen LogP contribution in [0.2, 0.25) is 0 Å². The fraction of sp³-hybridized carbons (Fsp3) is 0.417. The monoisotopic (exact) mass is 474 g/mol. The average Bonchev–Trinajstić information content (AvgIpc) is 2.74. The minimum absolute atomic E-state index is 0.133. The molecule has 5 nitrogen and oxygen atoms in total. The minimum atomic E-state index is -0.548. The number of halogens is 1. The summed E-state index contributed by atoms with van der Waals surface area (Å²) in [5, 5.41) is 2.84. The number of amides is 2. The Morgan fingerprint density at radius 1 is 1.07 bits per heavy atom. The minimum Gasteiger partial charge on any atom is -0.483 e. The number of aryl methyl sites for hydroxylation is 2. The highest BCUT2D eigenvalue weighted by atomic mass is 79.9. The van der Waals surface area contributed by atoms with Crippen LogP contribution in [0.1, 0.15) is 43.9 Å². The zero-order valence-electron chi connectivity index (χ0n) is 18.2. The highest BCUT2D eigenvalue weighted by Crippen LogP contribution is 2.26. The smallest absolute Gasteiger partial charge is 0.261 e. The van der Waals surface area contributed by atoms with Crippen LogP contribution in [0, 0.1) is 6.92 Å². The average molecular weight is 475 g/mol. The quantitative estimate of drug-likeness (QED) is 0.545. The third-order valence-corrected chi connectivity index (χ3v) is 5.59. The molecule has 0 heterocycles. The molecule has 0 aromatic heterocycles. The lowest BCUT2D eigenvalue weighted by Crippen LogP contribution is -2.50. The summed E-state index contributed by atoms with van der Waals surface area (Å²) in [7, 11) is 0. The molecule has 0 aliphatic carbocycles. The molecule has 0 spiro atoms. The van der Waals surface area contributed by atoms with Gasteiger partial charge in [0, 0.05) is 13.1 Å². The molecule has 162 valence electrons. The number of ether oxygens (including phenoxy) is 1. The molecule has 0 aliphatic rings. The Hall–Kier alpha value is -2.34. The summed E-state index contributed by atoms with van der Waals surface area (Å²) in [6.07, 6.45) is 1.45. The molecule has 0 aliphatic heterocycles. The zero-order valence-corrected chi connectivity index (χ0v) is 19.8. The molecule has 0 fully saturated rings. The van der Waals surface area contributed by atoms with E-state index in [1.807, 2.05) is 63.2 Å². The first-order valence-corrected chi connectivity index (χ1v) is 11.2. The summed E-state index contributed by atoms with van der Waals surface area (Å²) in [6, 6.07) is 13.3. The molecule has 2 amide bonds. The van der Waals surface area contributed by atoms with Gasteiger partial charge in [-0.2, -0.15) is 0 Å². The van der Waals surface area contributed by atoms with E-state index in [0.717, 1.165) is 22.0 Å². The van der Waals surface area contributed by atoms with E-state index in [2.05, 4.69) is 28.2 Å². The van der Waals surface area contributed by atoms with Crippen molar-refractivity contribution in [3.63, 3.8) is 0 Å². The van der Waals surface area contributed by atoms with Crippen molar-refractivity contribution in [3.05, 3.63) is 63.6 Å². The molecule has 2 aromatic carbocycles. The molecule has 1 atom stereocenters. The number of carbonyl (C=O) groups is 2. The first-order chi connectivity index (χ1) is 14.4. The van der Waals surface area contributed by atoms with E-state index >= 15 is 0 Å². The highest BCUT2D eigenvalue weighted by Gasteiger charge is 2.28. The van der Waals surface area contributed by atoms with E-state index in [1.165, 1.54) is 5.56 Å². The second kappa shape index (κ2) is 11.7. The van der Waals surface area contributed by atoms with E-state index in [1.54, 1.807) is 4.90 Å². The summed E-state index contributed by atoms with van der Waals surface area (Å²) in [5.74, 6) is 0.246. The first kappa shape index (κ1) is 23.9. The van der Waals surface area contributed by atoms with Gasteiger partial charge in [0.25, 0.3) is 5.91 Å². The van der Waals surface area contributed by atoms with Gasteiger partial charge in [-0.25, -0.2) is 0 Å². The molecular weight excluding hydrogens is 444 g/mol. The Morgan fingerprint density at radius 3 is 2.30 bits per heavy atom. The molecule has 0 saturated heterocycles. The van der Waals surface area contributed by atoms with Crippen LogP contribution in [0.4, 0.5) is 0 Å². The van der Waals surface area contributed by atoms with Gasteiger partial charge in [0.15, 0.2) is 6.61 Å². The molecule has 2 aromatic rings. The van der Waals surface area contributed by atoms with Gasteiger partial charge in [-0.3, -0.25) is 9.59 Å². The Morgan fingerprint density at radius 2 is 1.73 bits per heavy atom. The number of carbonyl (C=O) groups excluding carboxylic acids is 2. The van der Waals surface area contributed by atoms with E-state index in [9.17, 15) is 9.59 Å². The summed E-state index contributed by atoms with van der Waals surface area (Å²) in [4.78, 5) is 27.4. The van der Waals surface area contributed by atoms with Crippen molar-refractivity contribution in [1.82, 2.24) is 10.2 Å². The number of benzene rings is 2. The lowest BCUT2D eigenvalue weighted by Gasteiger charge is -2.30. The van der Waals surface area contributed by atoms with E-state index < -0.39 is 6.04 Å². The third kappa shape index (κ3) is 6.59. The summed E-state index contributed by atoms with van der Waals surface area (Å²) >= 11 is 3.51. The number of rotatable bonds is 10. The van der Waals surface area contributed by atoms with Crippen molar-refractivity contribution in [2.24, 2.45) is 0 Å². The molecular formula is C24H31BrN2O3. The maximum Gasteiger partial charge on any atom is 0.261 e. The Kier molecular flexibility index (Phi) is 9.37. The first-order valence-electron chi connectivity index (χ1n) is 10.4. The predicted octanol–water partition coefficient (Wildman–Crippen LogP) is 4.64. The molecule has 1 unspecified atom stereocenters. The number of nitrogens with zero attached hydrogens (tertiary/aromatic N) is 1. The maximum atomic E-state index is 13.1.